The standard InChI is InChI=1S/C23H33N5O2S.HI/c1-18(19-8-5-4-6-9-19)26-23(25-17-22(29)27(2)3)24-16-20(21-10-7-15-31-21)28-11-13-30-14-12-28;/h4-10,15,18,20H,11-14,16-17H2,1-3H3,(H2,24,25,26);1H. The number of aliphatic imine (C=N–C) groups is 1. The number of guanidine groups is 1. The molecule has 0 aliphatic carbocycles. The highest BCUT2D eigenvalue weighted by molar-refractivity contribution is 14.0. The summed E-state index contributed by atoms with van der Waals surface area (Å²) in [4.78, 5) is 22.0. The summed E-state index contributed by atoms with van der Waals surface area (Å²) in [6.45, 7) is 6.22. The smallest absolute Gasteiger partial charge is 0.243 e. The Bertz CT molecular complexity index is 826. The molecule has 0 bridgehead atoms. The van der Waals surface area contributed by atoms with Crippen LogP contribution in [0.1, 0.15) is 29.4 Å². The fourth-order valence-electron chi connectivity index (χ4n) is 3.44. The lowest BCUT2D eigenvalue weighted by Crippen LogP contribution is -2.46. The Kier molecular flexibility index (Phi) is 11.4. The maximum Gasteiger partial charge on any atom is 0.243 e. The fourth-order valence-corrected chi connectivity index (χ4v) is 4.30. The molecule has 1 aliphatic rings. The Morgan fingerprint density at radius 3 is 2.53 bits per heavy atom. The second-order valence-corrected chi connectivity index (χ2v) is 8.77. The minimum absolute atomic E-state index is 0. The highest BCUT2D eigenvalue weighted by atomic mass is 127. The van der Waals surface area contributed by atoms with Crippen LogP contribution in [0.25, 0.3) is 0 Å². The molecule has 1 amide bonds. The predicted octanol–water partition coefficient (Wildman–Crippen LogP) is 3.12. The maximum absolute atomic E-state index is 12.1. The van der Waals surface area contributed by atoms with Crippen molar-refractivity contribution in [3.8, 4) is 0 Å². The number of rotatable bonds is 8. The lowest BCUT2D eigenvalue weighted by atomic mass is 10.1. The van der Waals surface area contributed by atoms with Crippen LogP contribution in [-0.2, 0) is 9.53 Å². The lowest BCUT2D eigenvalue weighted by molar-refractivity contribution is -0.127. The van der Waals surface area contributed by atoms with Gasteiger partial charge in [-0.2, -0.15) is 0 Å². The second kappa shape index (κ2) is 13.8. The Morgan fingerprint density at radius 1 is 1.19 bits per heavy atom. The van der Waals surface area contributed by atoms with Crippen LogP contribution in [0.2, 0.25) is 0 Å². The van der Waals surface area contributed by atoms with Crippen molar-refractivity contribution in [3.05, 3.63) is 58.3 Å². The molecule has 32 heavy (non-hydrogen) atoms. The summed E-state index contributed by atoms with van der Waals surface area (Å²) in [5, 5.41) is 9.07. The molecule has 2 heterocycles. The third kappa shape index (κ3) is 8.02. The number of morpholine rings is 1. The number of ether oxygens (including phenoxy) is 1. The van der Waals surface area contributed by atoms with E-state index in [0.717, 1.165) is 26.3 Å². The summed E-state index contributed by atoms with van der Waals surface area (Å²) >= 11 is 1.77. The Balaban J connectivity index is 0.00000363. The van der Waals surface area contributed by atoms with Crippen LogP contribution in [0.4, 0.5) is 0 Å². The van der Waals surface area contributed by atoms with Crippen molar-refractivity contribution in [1.82, 2.24) is 20.4 Å². The molecule has 1 fully saturated rings. The van der Waals surface area contributed by atoms with Gasteiger partial charge in [-0.15, -0.1) is 35.3 Å². The van der Waals surface area contributed by atoms with Gasteiger partial charge in [0.25, 0.3) is 0 Å². The van der Waals surface area contributed by atoms with E-state index < -0.39 is 0 Å². The van der Waals surface area contributed by atoms with Gasteiger partial charge in [-0.25, -0.2) is 4.99 Å². The molecule has 0 radical (unpaired) electrons. The Hall–Kier alpha value is -1.69. The third-order valence-electron chi connectivity index (χ3n) is 5.34. The van der Waals surface area contributed by atoms with E-state index in [1.165, 1.54) is 10.4 Å². The number of halogens is 1. The first-order valence-corrected chi connectivity index (χ1v) is 11.6. The largest absolute Gasteiger partial charge is 0.379 e. The van der Waals surface area contributed by atoms with E-state index in [1.807, 2.05) is 18.2 Å². The molecular formula is C23H34IN5O2S. The number of likely N-dealkylation sites (N-methyl/N-ethyl adjacent to an activating group) is 1. The van der Waals surface area contributed by atoms with E-state index >= 15 is 0 Å². The Morgan fingerprint density at radius 2 is 1.91 bits per heavy atom. The molecule has 176 valence electrons. The van der Waals surface area contributed by atoms with Crippen LogP contribution >= 0.6 is 35.3 Å². The minimum Gasteiger partial charge on any atom is -0.379 e. The molecule has 2 aromatic rings. The molecule has 2 unspecified atom stereocenters. The van der Waals surface area contributed by atoms with Crippen LogP contribution in [-0.4, -0.2) is 75.2 Å². The van der Waals surface area contributed by atoms with Crippen molar-refractivity contribution in [2.24, 2.45) is 4.99 Å². The maximum atomic E-state index is 12.1. The van der Waals surface area contributed by atoms with Gasteiger partial charge in [-0.3, -0.25) is 9.69 Å². The third-order valence-corrected chi connectivity index (χ3v) is 6.32. The molecule has 2 N–H and O–H groups in total. The van der Waals surface area contributed by atoms with Crippen molar-refractivity contribution < 1.29 is 9.53 Å². The summed E-state index contributed by atoms with van der Waals surface area (Å²) in [5.74, 6) is 0.609. The molecule has 7 nitrogen and oxygen atoms in total. The van der Waals surface area contributed by atoms with Gasteiger partial charge in [0.1, 0.15) is 6.54 Å². The molecular weight excluding hydrogens is 537 g/mol. The van der Waals surface area contributed by atoms with Gasteiger partial charge in [0.15, 0.2) is 5.96 Å². The quantitative estimate of drug-likeness (QED) is 0.290. The van der Waals surface area contributed by atoms with E-state index in [0.29, 0.717) is 12.5 Å². The average molecular weight is 572 g/mol. The highest BCUT2D eigenvalue weighted by Gasteiger charge is 2.24. The SMILES string of the molecule is CC(NC(=NCC(=O)N(C)C)NCC(c1cccs1)N1CCOCC1)c1ccccc1.I. The monoisotopic (exact) mass is 571 g/mol. The van der Waals surface area contributed by atoms with Crippen LogP contribution in [0.5, 0.6) is 0 Å². The molecule has 0 saturated carbocycles. The van der Waals surface area contributed by atoms with Crippen molar-refractivity contribution >= 4 is 47.2 Å². The first-order valence-electron chi connectivity index (χ1n) is 10.7. The molecule has 9 heteroatoms. The predicted molar refractivity (Wildman–Crippen MR) is 142 cm³/mol. The first kappa shape index (κ1) is 26.6. The van der Waals surface area contributed by atoms with E-state index in [-0.39, 0.29) is 48.5 Å². The first-order chi connectivity index (χ1) is 15.0. The van der Waals surface area contributed by atoms with Crippen LogP contribution in [0.3, 0.4) is 0 Å². The molecule has 1 aliphatic heterocycles. The zero-order valence-electron chi connectivity index (χ0n) is 19.0. The van der Waals surface area contributed by atoms with E-state index in [1.54, 1.807) is 30.3 Å². The Labute approximate surface area is 212 Å². The second-order valence-electron chi connectivity index (χ2n) is 7.79. The number of amides is 1. The number of benzene rings is 1. The number of hydrogen-bond acceptors (Lipinski definition) is 5. The fraction of sp³-hybridized carbons (Fsp3) is 0.478. The molecule has 1 aromatic heterocycles. The number of hydrogen-bond donors (Lipinski definition) is 2. The minimum atomic E-state index is -0.0311. The summed E-state index contributed by atoms with van der Waals surface area (Å²) in [6, 6.07) is 14.8. The van der Waals surface area contributed by atoms with E-state index in [9.17, 15) is 4.79 Å². The van der Waals surface area contributed by atoms with Gasteiger partial charge >= 0.3 is 0 Å². The summed E-state index contributed by atoms with van der Waals surface area (Å²) in [6.07, 6.45) is 0. The summed E-state index contributed by atoms with van der Waals surface area (Å²) in [7, 11) is 3.49. The topological polar surface area (TPSA) is 69.2 Å². The van der Waals surface area contributed by atoms with Crippen molar-refractivity contribution in [2.75, 3.05) is 53.5 Å². The number of nitrogens with one attached hydrogen (secondary N) is 2. The molecule has 1 aromatic carbocycles. The number of carbonyl (C=O) groups excluding carboxylic acids is 1. The van der Waals surface area contributed by atoms with Gasteiger partial charge < -0.3 is 20.3 Å². The zero-order valence-corrected chi connectivity index (χ0v) is 22.1. The number of thiophene rings is 1. The van der Waals surface area contributed by atoms with Crippen LogP contribution < -0.4 is 10.6 Å². The number of carbonyl (C=O) groups is 1. The summed E-state index contributed by atoms with van der Waals surface area (Å²) < 4.78 is 5.54. The van der Waals surface area contributed by atoms with Gasteiger partial charge in [-0.05, 0) is 23.9 Å². The van der Waals surface area contributed by atoms with Crippen molar-refractivity contribution in [2.45, 2.75) is 19.0 Å². The van der Waals surface area contributed by atoms with Crippen molar-refractivity contribution in [3.63, 3.8) is 0 Å². The average Bonchev–Trinajstić information content (AvgIpc) is 3.33. The molecule has 0 spiro atoms. The van der Waals surface area contributed by atoms with Gasteiger partial charge in [0.2, 0.25) is 5.91 Å². The molecule has 2 atom stereocenters. The van der Waals surface area contributed by atoms with Crippen LogP contribution in [0, 0.1) is 0 Å². The van der Waals surface area contributed by atoms with Gasteiger partial charge in [0.05, 0.1) is 25.3 Å². The molecule has 1 saturated heterocycles. The van der Waals surface area contributed by atoms with E-state index in [2.05, 4.69) is 57.1 Å². The van der Waals surface area contributed by atoms with Crippen molar-refractivity contribution in [1.29, 1.82) is 0 Å². The van der Waals surface area contributed by atoms with Crippen LogP contribution in [0.15, 0.2) is 52.8 Å². The van der Waals surface area contributed by atoms with Gasteiger partial charge in [-0.1, -0.05) is 36.4 Å². The number of nitrogens with zero attached hydrogens (tertiary/aromatic N) is 3. The normalized spacial score (nSPS) is 16.5. The molecule has 3 rings (SSSR count). The lowest BCUT2D eigenvalue weighted by Gasteiger charge is -2.34. The summed E-state index contributed by atoms with van der Waals surface area (Å²) in [5.41, 5.74) is 1.17. The zero-order chi connectivity index (χ0) is 22.1. The van der Waals surface area contributed by atoms with E-state index in [4.69, 9.17) is 4.74 Å². The van der Waals surface area contributed by atoms with Gasteiger partial charge in [0, 0.05) is 38.6 Å². The highest BCUT2D eigenvalue weighted by Crippen LogP contribution is 2.25.